The average molecular weight is 482 g/mol. The number of rotatable bonds is 6. The van der Waals surface area contributed by atoms with Crippen LogP contribution in [-0.4, -0.2) is 36.3 Å². The Morgan fingerprint density at radius 1 is 1.00 bits per heavy atom. The number of carbonyl (C=O) groups is 2. The largest absolute Gasteiger partial charge is 0.497 e. The Morgan fingerprint density at radius 2 is 1.72 bits per heavy atom. The number of hydrogen-bond acceptors (Lipinski definition) is 7. The second-order valence-corrected chi connectivity index (χ2v) is 8.19. The second kappa shape index (κ2) is 9.87. The molecule has 1 aromatic heterocycles. The summed E-state index contributed by atoms with van der Waals surface area (Å²) in [6, 6.07) is 24.3. The highest BCUT2D eigenvalue weighted by Crippen LogP contribution is 2.33. The maximum atomic E-state index is 13.2. The van der Waals surface area contributed by atoms with Crippen LogP contribution in [0.5, 0.6) is 5.75 Å². The molecule has 0 aliphatic carbocycles. The van der Waals surface area contributed by atoms with Crippen molar-refractivity contribution in [3.63, 3.8) is 0 Å². The summed E-state index contributed by atoms with van der Waals surface area (Å²) in [7, 11) is 1.59. The molecule has 8 nitrogen and oxygen atoms in total. The molecule has 0 bridgehead atoms. The first-order chi connectivity index (χ1) is 17.5. The molecule has 1 unspecified atom stereocenters. The summed E-state index contributed by atoms with van der Waals surface area (Å²) in [5, 5.41) is 6.26. The Kier molecular flexibility index (Phi) is 6.32. The molecule has 180 valence electrons. The van der Waals surface area contributed by atoms with E-state index < -0.39 is 18.5 Å². The number of benzene rings is 3. The summed E-state index contributed by atoms with van der Waals surface area (Å²) in [5.74, 6) is -0.977. The van der Waals surface area contributed by atoms with Gasteiger partial charge in [0.1, 0.15) is 11.3 Å². The summed E-state index contributed by atoms with van der Waals surface area (Å²) in [6.45, 7) is -0.562. The number of methoxy groups -OCH3 is 1. The standard InChI is InChI=1S/C28H22N2O6/c1-34-20-13-11-19(12-14-20)23-15-22(18-7-3-2-4-8-18)29-30(23)27(32)17-35-28(33)26-16-24(31)21-9-5-6-10-25(21)36-26/h2-14,16,23H,15,17H2,1H3. The first-order valence-electron chi connectivity index (χ1n) is 11.3. The molecule has 2 heterocycles. The van der Waals surface area contributed by atoms with Crippen molar-refractivity contribution >= 4 is 28.6 Å². The Bertz CT molecular complexity index is 1510. The van der Waals surface area contributed by atoms with Crippen molar-refractivity contribution in [1.82, 2.24) is 5.01 Å². The molecule has 0 spiro atoms. The predicted molar refractivity (Wildman–Crippen MR) is 133 cm³/mol. The van der Waals surface area contributed by atoms with Gasteiger partial charge < -0.3 is 13.9 Å². The molecule has 0 saturated heterocycles. The lowest BCUT2D eigenvalue weighted by molar-refractivity contribution is -0.136. The molecule has 36 heavy (non-hydrogen) atoms. The fourth-order valence-electron chi connectivity index (χ4n) is 4.10. The maximum Gasteiger partial charge on any atom is 0.374 e. The van der Waals surface area contributed by atoms with Gasteiger partial charge in [-0.15, -0.1) is 0 Å². The van der Waals surface area contributed by atoms with E-state index in [1.807, 2.05) is 54.6 Å². The number of hydrazone groups is 1. The number of para-hydroxylation sites is 1. The van der Waals surface area contributed by atoms with Crippen molar-refractivity contribution in [3.8, 4) is 5.75 Å². The van der Waals surface area contributed by atoms with E-state index in [-0.39, 0.29) is 22.8 Å². The predicted octanol–water partition coefficient (Wildman–Crippen LogP) is 4.34. The Morgan fingerprint density at radius 3 is 2.47 bits per heavy atom. The average Bonchev–Trinajstić information content (AvgIpc) is 3.38. The molecular formula is C28H22N2O6. The first-order valence-corrected chi connectivity index (χ1v) is 11.3. The summed E-state index contributed by atoms with van der Waals surface area (Å²) in [4.78, 5) is 38.1. The van der Waals surface area contributed by atoms with Crippen molar-refractivity contribution in [3.05, 3.63) is 112 Å². The summed E-state index contributed by atoms with van der Waals surface area (Å²) >= 11 is 0. The monoisotopic (exact) mass is 482 g/mol. The van der Waals surface area contributed by atoms with E-state index in [1.165, 1.54) is 5.01 Å². The highest BCUT2D eigenvalue weighted by atomic mass is 16.5. The molecule has 5 rings (SSSR count). The molecular weight excluding hydrogens is 460 g/mol. The van der Waals surface area contributed by atoms with E-state index in [4.69, 9.17) is 13.9 Å². The van der Waals surface area contributed by atoms with Gasteiger partial charge in [-0.3, -0.25) is 9.59 Å². The van der Waals surface area contributed by atoms with E-state index in [0.29, 0.717) is 17.6 Å². The maximum absolute atomic E-state index is 13.2. The summed E-state index contributed by atoms with van der Waals surface area (Å²) < 4.78 is 16.0. The lowest BCUT2D eigenvalue weighted by Crippen LogP contribution is -2.31. The van der Waals surface area contributed by atoms with Crippen molar-refractivity contribution in [1.29, 1.82) is 0 Å². The van der Waals surface area contributed by atoms with Crippen LogP contribution in [-0.2, 0) is 9.53 Å². The number of ether oxygens (including phenoxy) is 2. The zero-order valence-electron chi connectivity index (χ0n) is 19.4. The van der Waals surface area contributed by atoms with Gasteiger partial charge >= 0.3 is 5.97 Å². The van der Waals surface area contributed by atoms with Gasteiger partial charge in [0, 0.05) is 12.5 Å². The van der Waals surface area contributed by atoms with Crippen LogP contribution in [0.15, 0.2) is 99.2 Å². The number of fused-ring (bicyclic) bond motifs is 1. The quantitative estimate of drug-likeness (QED) is 0.379. The Balaban J connectivity index is 1.36. The van der Waals surface area contributed by atoms with Crippen LogP contribution < -0.4 is 10.2 Å². The minimum absolute atomic E-state index is 0.263. The molecule has 4 aromatic rings. The van der Waals surface area contributed by atoms with E-state index >= 15 is 0 Å². The normalized spacial score (nSPS) is 15.0. The van der Waals surface area contributed by atoms with Crippen LogP contribution in [0.25, 0.3) is 11.0 Å². The zero-order chi connectivity index (χ0) is 25.1. The van der Waals surface area contributed by atoms with Crippen LogP contribution in [0.3, 0.4) is 0 Å². The molecule has 1 aliphatic heterocycles. The molecule has 8 heteroatoms. The number of esters is 1. The molecule has 0 fully saturated rings. The van der Waals surface area contributed by atoms with Crippen LogP contribution in [0.1, 0.15) is 34.1 Å². The van der Waals surface area contributed by atoms with Gasteiger partial charge in [0.05, 0.1) is 24.2 Å². The van der Waals surface area contributed by atoms with Crippen molar-refractivity contribution in [2.75, 3.05) is 13.7 Å². The van der Waals surface area contributed by atoms with E-state index in [0.717, 1.165) is 22.9 Å². The minimum Gasteiger partial charge on any atom is -0.497 e. The van der Waals surface area contributed by atoms with E-state index in [2.05, 4.69) is 5.10 Å². The first kappa shape index (κ1) is 23.0. The fraction of sp³-hybridized carbons (Fsp3) is 0.143. The summed E-state index contributed by atoms with van der Waals surface area (Å²) in [6.07, 6.45) is 0.496. The third-order valence-electron chi connectivity index (χ3n) is 5.94. The molecule has 0 radical (unpaired) electrons. The third-order valence-corrected chi connectivity index (χ3v) is 5.94. The second-order valence-electron chi connectivity index (χ2n) is 8.19. The lowest BCUT2D eigenvalue weighted by Gasteiger charge is -2.22. The van der Waals surface area contributed by atoms with Gasteiger partial charge in [0.25, 0.3) is 5.91 Å². The van der Waals surface area contributed by atoms with Crippen LogP contribution >= 0.6 is 0 Å². The lowest BCUT2D eigenvalue weighted by atomic mass is 9.98. The minimum atomic E-state index is -0.904. The molecule has 1 amide bonds. The molecule has 1 aliphatic rings. The van der Waals surface area contributed by atoms with Gasteiger partial charge in [0.2, 0.25) is 5.76 Å². The highest BCUT2D eigenvalue weighted by Gasteiger charge is 2.33. The Labute approximate surface area is 206 Å². The van der Waals surface area contributed by atoms with Gasteiger partial charge in [-0.05, 0) is 35.4 Å². The molecule has 0 saturated carbocycles. The van der Waals surface area contributed by atoms with Gasteiger partial charge in [-0.25, -0.2) is 9.80 Å². The smallest absolute Gasteiger partial charge is 0.374 e. The van der Waals surface area contributed by atoms with Crippen molar-refractivity contribution in [2.45, 2.75) is 12.5 Å². The van der Waals surface area contributed by atoms with Crippen LogP contribution in [0.4, 0.5) is 0 Å². The summed E-state index contributed by atoms with van der Waals surface area (Å²) in [5.41, 5.74) is 2.41. The van der Waals surface area contributed by atoms with Gasteiger partial charge in [-0.1, -0.05) is 54.6 Å². The van der Waals surface area contributed by atoms with Gasteiger partial charge in [-0.2, -0.15) is 5.10 Å². The zero-order valence-corrected chi connectivity index (χ0v) is 19.4. The molecule has 0 N–H and O–H groups in total. The Hall–Kier alpha value is -4.72. The van der Waals surface area contributed by atoms with E-state index in [1.54, 1.807) is 31.4 Å². The van der Waals surface area contributed by atoms with Gasteiger partial charge in [0.15, 0.2) is 12.0 Å². The van der Waals surface area contributed by atoms with Crippen LogP contribution in [0, 0.1) is 0 Å². The number of hydrogen-bond donors (Lipinski definition) is 0. The van der Waals surface area contributed by atoms with Crippen molar-refractivity contribution in [2.24, 2.45) is 5.10 Å². The topological polar surface area (TPSA) is 98.4 Å². The highest BCUT2D eigenvalue weighted by molar-refractivity contribution is 6.03. The van der Waals surface area contributed by atoms with Crippen molar-refractivity contribution < 1.29 is 23.5 Å². The SMILES string of the molecule is COc1ccc(C2CC(c3ccccc3)=NN2C(=O)COC(=O)c2cc(=O)c3ccccc3o2)cc1. The molecule has 1 atom stereocenters. The van der Waals surface area contributed by atoms with Crippen LogP contribution in [0.2, 0.25) is 0 Å². The number of carbonyl (C=O) groups excluding carboxylic acids is 2. The number of amides is 1. The van der Waals surface area contributed by atoms with E-state index in [9.17, 15) is 14.4 Å². The fourth-order valence-corrected chi connectivity index (χ4v) is 4.10. The third kappa shape index (κ3) is 4.61. The number of nitrogens with zero attached hydrogens (tertiary/aromatic N) is 2. The molecule has 3 aromatic carbocycles.